The van der Waals surface area contributed by atoms with E-state index < -0.39 is 15.6 Å². The van der Waals surface area contributed by atoms with Crippen molar-refractivity contribution in [2.45, 2.75) is 38.7 Å². The molecule has 1 aromatic carbocycles. The van der Waals surface area contributed by atoms with Crippen LogP contribution in [0.3, 0.4) is 0 Å². The van der Waals surface area contributed by atoms with E-state index in [1.165, 1.54) is 5.54 Å². The molecule has 154 valence electrons. The van der Waals surface area contributed by atoms with Crippen molar-refractivity contribution in [3.05, 3.63) is 98.5 Å². The summed E-state index contributed by atoms with van der Waals surface area (Å²) in [5, 5.41) is 0. The molecule has 1 saturated heterocycles. The first kappa shape index (κ1) is 25.4. The van der Waals surface area contributed by atoms with Gasteiger partial charge >= 0.3 is 17.1 Å². The number of benzene rings is 1. The summed E-state index contributed by atoms with van der Waals surface area (Å²) in [6.07, 6.45) is 16.0. The van der Waals surface area contributed by atoms with Crippen LogP contribution in [0.4, 0.5) is 0 Å². The van der Waals surface area contributed by atoms with Gasteiger partial charge in [0.2, 0.25) is 0 Å². The minimum absolute atomic E-state index is 0. The Hall–Kier alpha value is 0.106. The monoisotopic (exact) mass is 467 g/mol. The van der Waals surface area contributed by atoms with Crippen LogP contribution in [-0.2, 0) is 26.2 Å². The SMILES string of the molecule is C[C@H]1[C@@H](c2ccccc2)O[P@](=O)([C]2[CH][CH][CH][C]2[Si](C)(C)C)N1C.[CH]1[CH][CH][CH][CH]1.[Fe+2]. The molecule has 1 aliphatic heterocycles. The third-order valence-corrected chi connectivity index (χ3v) is 10.3. The maximum Gasteiger partial charge on any atom is 2.00 e. The number of likely N-dealkylation sites (N-methyl/N-ethyl adjacent to an activating group) is 1. The minimum atomic E-state index is -3.01. The van der Waals surface area contributed by atoms with Crippen molar-refractivity contribution in [1.29, 1.82) is 0 Å². The van der Waals surface area contributed by atoms with Crippen LogP contribution in [0.5, 0.6) is 0 Å². The minimum Gasteiger partial charge on any atom is -0.307 e. The van der Waals surface area contributed by atoms with Crippen LogP contribution < -0.4 is 0 Å². The largest absolute Gasteiger partial charge is 2.00 e. The van der Waals surface area contributed by atoms with Crippen LogP contribution in [-0.4, -0.2) is 25.8 Å². The van der Waals surface area contributed by atoms with Gasteiger partial charge in [-0.25, -0.2) is 4.67 Å². The van der Waals surface area contributed by atoms with E-state index in [9.17, 15) is 4.57 Å². The Morgan fingerprint density at radius 2 is 1.48 bits per heavy atom. The molecule has 1 aromatic rings. The van der Waals surface area contributed by atoms with E-state index in [-0.39, 0.29) is 29.2 Å². The number of rotatable bonds is 3. The Labute approximate surface area is 190 Å². The standard InChI is InChI=1S/C18H25NO2PSi.C5H5.Fe/c1-14-18(15-10-7-6-8-11-15)21-22(20,19(14)2)16-12-9-13-17(16)23(3,4)5;1-2-4-5-3-1;/h6-14,18H,1-5H3;1-5H;/q;;+2/t14-,18-,22+;;/m0../s1. The first-order valence-corrected chi connectivity index (χ1v) is 14.8. The van der Waals surface area contributed by atoms with E-state index in [2.05, 4.69) is 45.1 Å². The summed E-state index contributed by atoms with van der Waals surface area (Å²) in [5.74, 6) is 0. The molecule has 4 rings (SSSR count). The molecule has 6 heteroatoms. The summed E-state index contributed by atoms with van der Waals surface area (Å²) in [6, 6.07) is 10.2. The number of nitrogens with zero attached hydrogens (tertiary/aromatic N) is 1. The topological polar surface area (TPSA) is 29.5 Å². The van der Waals surface area contributed by atoms with Gasteiger partial charge in [0, 0.05) is 6.04 Å². The van der Waals surface area contributed by atoms with Crippen molar-refractivity contribution in [1.82, 2.24) is 4.67 Å². The second-order valence-corrected chi connectivity index (χ2v) is 15.7. The van der Waals surface area contributed by atoms with Gasteiger partial charge in [-0.3, -0.25) is 4.57 Å². The van der Waals surface area contributed by atoms with Crippen LogP contribution in [0.25, 0.3) is 0 Å². The Morgan fingerprint density at radius 1 is 0.931 bits per heavy atom. The zero-order valence-electron chi connectivity index (χ0n) is 17.7. The molecule has 3 atom stereocenters. The molecule has 0 N–H and O–H groups in total. The van der Waals surface area contributed by atoms with Crippen LogP contribution in [0.2, 0.25) is 19.6 Å². The molecular weight excluding hydrogens is 437 g/mol. The van der Waals surface area contributed by atoms with Crippen molar-refractivity contribution >= 4 is 15.6 Å². The molecule has 0 spiro atoms. The molecule has 3 nitrogen and oxygen atoms in total. The van der Waals surface area contributed by atoms with Gasteiger partial charge in [-0.1, -0.05) is 50.0 Å². The molecule has 1 heterocycles. The first-order valence-electron chi connectivity index (χ1n) is 9.75. The summed E-state index contributed by atoms with van der Waals surface area (Å²) in [5.41, 5.74) is 3.24. The Kier molecular flexibility index (Phi) is 9.29. The number of hydrogen-bond donors (Lipinski definition) is 0. The van der Waals surface area contributed by atoms with Gasteiger partial charge in [-0.15, -0.1) is 0 Å². The molecule has 0 bridgehead atoms. The van der Waals surface area contributed by atoms with Crippen molar-refractivity contribution in [3.8, 4) is 0 Å². The van der Waals surface area contributed by atoms with Gasteiger partial charge in [0.05, 0.1) is 13.7 Å². The molecule has 3 fully saturated rings. The third kappa shape index (κ3) is 5.67. The predicted molar refractivity (Wildman–Crippen MR) is 119 cm³/mol. The average molecular weight is 467 g/mol. The molecule has 2 aliphatic carbocycles. The van der Waals surface area contributed by atoms with E-state index in [0.717, 1.165) is 11.2 Å². The summed E-state index contributed by atoms with van der Waals surface area (Å²) in [6.45, 7) is 8.94. The fourth-order valence-electron chi connectivity index (χ4n) is 3.57. The number of hydrogen-bond acceptors (Lipinski definition) is 2. The Bertz CT molecular complexity index is 670. The second kappa shape index (κ2) is 10.6. The van der Waals surface area contributed by atoms with Gasteiger partial charge in [0.15, 0.2) is 0 Å². The molecule has 0 aromatic heterocycles. The van der Waals surface area contributed by atoms with Crippen LogP contribution in [0.15, 0.2) is 30.3 Å². The van der Waals surface area contributed by atoms with Gasteiger partial charge in [0.25, 0.3) is 7.52 Å². The quantitative estimate of drug-likeness (QED) is 0.410. The zero-order valence-corrected chi connectivity index (χ0v) is 20.7. The molecule has 3 aliphatic rings. The second-order valence-electron chi connectivity index (χ2n) is 8.31. The molecular formula is C23H30FeNO2PSi+2. The van der Waals surface area contributed by atoms with Gasteiger partial charge in [-0.2, -0.15) is 0 Å². The maximum absolute atomic E-state index is 13.8. The van der Waals surface area contributed by atoms with Crippen LogP contribution in [0.1, 0.15) is 18.6 Å². The van der Waals surface area contributed by atoms with E-state index >= 15 is 0 Å². The van der Waals surface area contributed by atoms with Gasteiger partial charge in [-0.05, 0) is 76.4 Å². The molecule has 10 radical (unpaired) electrons. The van der Waals surface area contributed by atoms with Gasteiger partial charge < -0.3 is 4.52 Å². The third-order valence-electron chi connectivity index (χ3n) is 5.29. The first-order chi connectivity index (χ1) is 13.2. The van der Waals surface area contributed by atoms with E-state index in [1.807, 2.05) is 74.9 Å². The fraction of sp³-hybridized carbons (Fsp3) is 0.304. The molecule has 0 unspecified atom stereocenters. The van der Waals surface area contributed by atoms with E-state index in [0.29, 0.717) is 0 Å². The predicted octanol–water partition coefficient (Wildman–Crippen LogP) is 5.90. The molecule has 29 heavy (non-hydrogen) atoms. The summed E-state index contributed by atoms with van der Waals surface area (Å²) >= 11 is 0. The fourth-order valence-corrected chi connectivity index (χ4v) is 8.91. The average Bonchev–Trinajstić information content (AvgIpc) is 3.42. The molecule has 0 amide bonds. The maximum atomic E-state index is 13.8. The van der Waals surface area contributed by atoms with E-state index in [1.54, 1.807) is 0 Å². The van der Waals surface area contributed by atoms with Crippen molar-refractivity contribution < 1.29 is 26.2 Å². The summed E-state index contributed by atoms with van der Waals surface area (Å²) in [7, 11) is -2.66. The molecule has 2 saturated carbocycles. The Morgan fingerprint density at radius 3 is 2.00 bits per heavy atom. The summed E-state index contributed by atoms with van der Waals surface area (Å²) < 4.78 is 22.0. The van der Waals surface area contributed by atoms with Crippen molar-refractivity contribution in [2.75, 3.05) is 7.05 Å². The van der Waals surface area contributed by atoms with Crippen LogP contribution in [0, 0.1) is 62.6 Å². The van der Waals surface area contributed by atoms with Crippen molar-refractivity contribution in [2.24, 2.45) is 0 Å². The van der Waals surface area contributed by atoms with Crippen molar-refractivity contribution in [3.63, 3.8) is 0 Å². The normalized spacial score (nSPS) is 31.3. The summed E-state index contributed by atoms with van der Waals surface area (Å²) in [4.78, 5) is 0. The Balaban J connectivity index is 0.000000437. The smallest absolute Gasteiger partial charge is 0.307 e. The zero-order chi connectivity index (χ0) is 20.4. The van der Waals surface area contributed by atoms with E-state index in [4.69, 9.17) is 4.52 Å². The van der Waals surface area contributed by atoms with Crippen LogP contribution >= 0.6 is 7.52 Å². The van der Waals surface area contributed by atoms with Gasteiger partial charge in [0.1, 0.15) is 6.10 Å².